The number of aromatic nitrogens is 1. The van der Waals surface area contributed by atoms with Gasteiger partial charge in [0.2, 0.25) is 5.91 Å². The van der Waals surface area contributed by atoms with Gasteiger partial charge in [0.05, 0.1) is 12.2 Å². The molecule has 1 aromatic heterocycles. The summed E-state index contributed by atoms with van der Waals surface area (Å²) in [6.07, 6.45) is 0. The van der Waals surface area contributed by atoms with Crippen LogP contribution in [0.4, 0.5) is 9.52 Å². The van der Waals surface area contributed by atoms with Crippen LogP contribution in [0, 0.1) is 19.7 Å². The van der Waals surface area contributed by atoms with E-state index in [0.717, 1.165) is 10.6 Å². The van der Waals surface area contributed by atoms with Gasteiger partial charge in [-0.3, -0.25) is 9.59 Å². The Labute approximate surface area is 125 Å². The van der Waals surface area contributed by atoms with Gasteiger partial charge in [-0.05, 0) is 38.1 Å². The molecular weight excluding hydrogens is 293 g/mol. The van der Waals surface area contributed by atoms with E-state index in [0.29, 0.717) is 10.7 Å². The summed E-state index contributed by atoms with van der Waals surface area (Å²) in [4.78, 5) is 28.7. The van der Waals surface area contributed by atoms with Crippen LogP contribution in [0.3, 0.4) is 0 Å². The Bertz CT molecular complexity index is 648. The second-order valence-corrected chi connectivity index (χ2v) is 5.60. The number of amides is 2. The van der Waals surface area contributed by atoms with Crippen LogP contribution in [-0.4, -0.2) is 23.3 Å². The van der Waals surface area contributed by atoms with Gasteiger partial charge in [-0.25, -0.2) is 9.37 Å². The number of aryl methyl sites for hydroxylation is 2. The fourth-order valence-corrected chi connectivity index (χ4v) is 2.38. The molecule has 7 heteroatoms. The molecule has 2 aromatic rings. The van der Waals surface area contributed by atoms with E-state index in [1.54, 1.807) is 0 Å². The zero-order chi connectivity index (χ0) is 15.4. The lowest BCUT2D eigenvalue weighted by Crippen LogP contribution is -2.32. The fraction of sp³-hybridized carbons (Fsp3) is 0.214. The summed E-state index contributed by atoms with van der Waals surface area (Å²) in [5.41, 5.74) is 1.16. The number of hydrogen-bond donors (Lipinski definition) is 2. The van der Waals surface area contributed by atoms with Crippen molar-refractivity contribution in [3.63, 3.8) is 0 Å². The van der Waals surface area contributed by atoms with Gasteiger partial charge < -0.3 is 10.6 Å². The monoisotopic (exact) mass is 307 g/mol. The van der Waals surface area contributed by atoms with E-state index < -0.39 is 11.7 Å². The van der Waals surface area contributed by atoms with Gasteiger partial charge in [-0.2, -0.15) is 0 Å². The van der Waals surface area contributed by atoms with Gasteiger partial charge in [0.1, 0.15) is 5.82 Å². The molecular formula is C14H14FN3O2S. The first-order valence-electron chi connectivity index (χ1n) is 6.23. The molecule has 1 heterocycles. The van der Waals surface area contributed by atoms with E-state index in [1.165, 1.54) is 35.6 Å². The maximum absolute atomic E-state index is 12.7. The van der Waals surface area contributed by atoms with E-state index in [1.807, 2.05) is 13.8 Å². The van der Waals surface area contributed by atoms with Gasteiger partial charge in [0.25, 0.3) is 5.91 Å². The SMILES string of the molecule is Cc1nc(NC(=O)CNC(=O)c2ccc(F)cc2)sc1C. The van der Waals surface area contributed by atoms with Crippen molar-refractivity contribution in [1.82, 2.24) is 10.3 Å². The van der Waals surface area contributed by atoms with E-state index in [-0.39, 0.29) is 12.5 Å². The van der Waals surface area contributed by atoms with Crippen LogP contribution in [0.15, 0.2) is 24.3 Å². The lowest BCUT2D eigenvalue weighted by molar-refractivity contribution is -0.115. The summed E-state index contributed by atoms with van der Waals surface area (Å²) in [7, 11) is 0. The van der Waals surface area contributed by atoms with Gasteiger partial charge in [0, 0.05) is 10.4 Å². The molecule has 0 saturated carbocycles. The zero-order valence-corrected chi connectivity index (χ0v) is 12.4. The lowest BCUT2D eigenvalue weighted by Gasteiger charge is -2.05. The molecule has 0 saturated heterocycles. The Hall–Kier alpha value is -2.28. The minimum atomic E-state index is -0.434. The molecule has 1 aromatic carbocycles. The molecule has 110 valence electrons. The lowest BCUT2D eigenvalue weighted by atomic mass is 10.2. The highest BCUT2D eigenvalue weighted by molar-refractivity contribution is 7.15. The third-order valence-electron chi connectivity index (χ3n) is 2.79. The Balaban J connectivity index is 1.86. The molecule has 0 radical (unpaired) electrons. The van der Waals surface area contributed by atoms with Gasteiger partial charge in [-0.1, -0.05) is 0 Å². The van der Waals surface area contributed by atoms with Crippen molar-refractivity contribution in [3.05, 3.63) is 46.2 Å². The van der Waals surface area contributed by atoms with Crippen LogP contribution >= 0.6 is 11.3 Å². The molecule has 2 amide bonds. The Morgan fingerprint density at radius 2 is 1.90 bits per heavy atom. The highest BCUT2D eigenvalue weighted by Gasteiger charge is 2.10. The molecule has 0 aliphatic rings. The minimum Gasteiger partial charge on any atom is -0.343 e. The largest absolute Gasteiger partial charge is 0.343 e. The first-order chi connectivity index (χ1) is 9.95. The fourth-order valence-electron chi connectivity index (χ4n) is 1.55. The van der Waals surface area contributed by atoms with Crippen LogP contribution in [0.2, 0.25) is 0 Å². The second-order valence-electron chi connectivity index (χ2n) is 4.40. The van der Waals surface area contributed by atoms with E-state index in [9.17, 15) is 14.0 Å². The molecule has 0 fully saturated rings. The first-order valence-corrected chi connectivity index (χ1v) is 7.05. The van der Waals surface area contributed by atoms with Crippen molar-refractivity contribution < 1.29 is 14.0 Å². The van der Waals surface area contributed by atoms with Crippen molar-refractivity contribution in [2.45, 2.75) is 13.8 Å². The van der Waals surface area contributed by atoms with Crippen molar-refractivity contribution in [1.29, 1.82) is 0 Å². The molecule has 0 unspecified atom stereocenters. The third-order valence-corrected chi connectivity index (χ3v) is 3.78. The summed E-state index contributed by atoms with van der Waals surface area (Å²) in [5.74, 6) is -1.21. The standard InChI is InChI=1S/C14H14FN3O2S/c1-8-9(2)21-14(17-8)18-12(19)7-16-13(20)10-3-5-11(15)6-4-10/h3-6H,7H2,1-2H3,(H,16,20)(H,17,18,19). The summed E-state index contributed by atoms with van der Waals surface area (Å²) in [6, 6.07) is 5.10. The van der Waals surface area contributed by atoms with Crippen LogP contribution in [0.25, 0.3) is 0 Å². The number of carbonyl (C=O) groups excluding carboxylic acids is 2. The molecule has 0 atom stereocenters. The smallest absolute Gasteiger partial charge is 0.251 e. The number of halogens is 1. The predicted octanol–water partition coefficient (Wildman–Crippen LogP) is 2.27. The number of carbonyl (C=O) groups is 2. The van der Waals surface area contributed by atoms with Gasteiger partial charge >= 0.3 is 0 Å². The molecule has 0 aliphatic heterocycles. The maximum Gasteiger partial charge on any atom is 0.251 e. The topological polar surface area (TPSA) is 71.1 Å². The molecule has 2 N–H and O–H groups in total. The molecule has 21 heavy (non-hydrogen) atoms. The van der Waals surface area contributed by atoms with Crippen LogP contribution in [0.1, 0.15) is 20.9 Å². The van der Waals surface area contributed by atoms with Crippen molar-refractivity contribution in [3.8, 4) is 0 Å². The number of hydrogen-bond acceptors (Lipinski definition) is 4. The quantitative estimate of drug-likeness (QED) is 0.910. The van der Waals surface area contributed by atoms with Crippen molar-refractivity contribution in [2.75, 3.05) is 11.9 Å². The van der Waals surface area contributed by atoms with Crippen LogP contribution in [-0.2, 0) is 4.79 Å². The third kappa shape index (κ3) is 4.09. The average Bonchev–Trinajstić information content (AvgIpc) is 2.75. The molecule has 0 aliphatic carbocycles. The maximum atomic E-state index is 12.7. The number of benzene rings is 1. The first kappa shape index (κ1) is 15.1. The van der Waals surface area contributed by atoms with Gasteiger partial charge in [-0.15, -0.1) is 11.3 Å². The summed E-state index contributed by atoms with van der Waals surface area (Å²) >= 11 is 1.38. The van der Waals surface area contributed by atoms with E-state index >= 15 is 0 Å². The van der Waals surface area contributed by atoms with E-state index in [2.05, 4.69) is 15.6 Å². The number of nitrogens with one attached hydrogen (secondary N) is 2. The summed E-state index contributed by atoms with van der Waals surface area (Å²) < 4.78 is 12.7. The highest BCUT2D eigenvalue weighted by atomic mass is 32.1. The predicted molar refractivity (Wildman–Crippen MR) is 79.0 cm³/mol. The average molecular weight is 307 g/mol. The highest BCUT2D eigenvalue weighted by Crippen LogP contribution is 2.20. The normalized spacial score (nSPS) is 10.2. The Morgan fingerprint density at radius 1 is 1.24 bits per heavy atom. The van der Waals surface area contributed by atoms with Crippen LogP contribution < -0.4 is 10.6 Å². The van der Waals surface area contributed by atoms with Crippen molar-refractivity contribution >= 4 is 28.3 Å². The summed E-state index contributed by atoms with van der Waals surface area (Å²) in [5, 5.41) is 5.58. The molecule has 0 bridgehead atoms. The molecule has 5 nitrogen and oxygen atoms in total. The number of anilines is 1. The van der Waals surface area contributed by atoms with Gasteiger partial charge in [0.15, 0.2) is 5.13 Å². The van der Waals surface area contributed by atoms with E-state index in [4.69, 9.17) is 0 Å². The summed E-state index contributed by atoms with van der Waals surface area (Å²) in [6.45, 7) is 3.60. The van der Waals surface area contributed by atoms with Crippen LogP contribution in [0.5, 0.6) is 0 Å². The molecule has 0 spiro atoms. The number of nitrogens with zero attached hydrogens (tertiary/aromatic N) is 1. The number of thiazole rings is 1. The molecule has 2 rings (SSSR count). The Morgan fingerprint density at radius 3 is 2.48 bits per heavy atom. The second kappa shape index (κ2) is 6.45. The van der Waals surface area contributed by atoms with Crippen molar-refractivity contribution in [2.24, 2.45) is 0 Å². The zero-order valence-electron chi connectivity index (χ0n) is 11.6. The minimum absolute atomic E-state index is 0.173. The Kier molecular flexibility index (Phi) is 4.64. The number of rotatable bonds is 4.